The van der Waals surface area contributed by atoms with Crippen LogP contribution in [0.3, 0.4) is 0 Å². The van der Waals surface area contributed by atoms with E-state index in [1.165, 1.54) is 0 Å². The molecule has 0 aromatic rings. The Hall–Kier alpha value is -0.610. The average molecular weight is 199 g/mol. The molecule has 1 fully saturated rings. The number of hydrogen-bond donors (Lipinski definition) is 1. The summed E-state index contributed by atoms with van der Waals surface area (Å²) in [5.74, 6) is 0.114. The van der Waals surface area contributed by atoms with Gasteiger partial charge >= 0.3 is 0 Å². The molecule has 0 aromatic heterocycles. The lowest BCUT2D eigenvalue weighted by Crippen LogP contribution is -2.44. The van der Waals surface area contributed by atoms with E-state index in [0.717, 1.165) is 39.0 Å². The smallest absolute Gasteiger partial charge is 0.239 e. The Kier molecular flexibility index (Phi) is 4.35. The zero-order chi connectivity index (χ0) is 10.6. The predicted octanol–water partition coefficient (Wildman–Crippen LogP) is -0.112. The van der Waals surface area contributed by atoms with Gasteiger partial charge in [0, 0.05) is 19.6 Å². The minimum absolute atomic E-state index is 0.114. The molecule has 1 heterocycles. The quantitative estimate of drug-likeness (QED) is 0.675. The number of carbonyl (C=O) groups is 1. The van der Waals surface area contributed by atoms with Crippen LogP contribution in [0.5, 0.6) is 0 Å². The summed E-state index contributed by atoms with van der Waals surface area (Å²) in [6.45, 7) is 5.67. The van der Waals surface area contributed by atoms with E-state index in [2.05, 4.69) is 11.9 Å². The van der Waals surface area contributed by atoms with Crippen molar-refractivity contribution < 1.29 is 4.79 Å². The molecule has 1 saturated heterocycles. The van der Waals surface area contributed by atoms with Crippen LogP contribution in [0.25, 0.3) is 0 Å². The fraction of sp³-hybridized carbons (Fsp3) is 0.900. The van der Waals surface area contributed by atoms with Crippen LogP contribution in [0.15, 0.2) is 0 Å². The second-order valence-electron chi connectivity index (χ2n) is 4.00. The van der Waals surface area contributed by atoms with Crippen LogP contribution in [-0.2, 0) is 4.79 Å². The molecule has 1 atom stereocenters. The molecule has 82 valence electrons. The van der Waals surface area contributed by atoms with Crippen molar-refractivity contribution in [3.8, 4) is 0 Å². The third kappa shape index (κ3) is 2.96. The third-order valence-corrected chi connectivity index (χ3v) is 2.79. The van der Waals surface area contributed by atoms with E-state index in [1.54, 1.807) is 0 Å². The van der Waals surface area contributed by atoms with Gasteiger partial charge in [0.05, 0.1) is 6.04 Å². The van der Waals surface area contributed by atoms with Gasteiger partial charge in [-0.15, -0.1) is 0 Å². The molecule has 4 heteroatoms. The Balaban J connectivity index is 2.47. The zero-order valence-corrected chi connectivity index (χ0v) is 9.20. The van der Waals surface area contributed by atoms with E-state index in [4.69, 9.17) is 5.73 Å². The van der Waals surface area contributed by atoms with Crippen LogP contribution in [-0.4, -0.2) is 55.0 Å². The number of nitrogens with two attached hydrogens (primary N) is 1. The summed E-state index contributed by atoms with van der Waals surface area (Å²) >= 11 is 0. The topological polar surface area (TPSA) is 49.6 Å². The fourth-order valence-electron chi connectivity index (χ4n) is 1.68. The molecular weight excluding hydrogens is 178 g/mol. The lowest BCUT2D eigenvalue weighted by Gasteiger charge is -2.23. The molecule has 14 heavy (non-hydrogen) atoms. The SMILES string of the molecule is CC[C@H](N)C(=O)N1CCCN(C)CC1. The van der Waals surface area contributed by atoms with Crippen molar-refractivity contribution in [2.45, 2.75) is 25.8 Å². The lowest BCUT2D eigenvalue weighted by atomic mass is 10.2. The molecule has 0 radical (unpaired) electrons. The third-order valence-electron chi connectivity index (χ3n) is 2.79. The van der Waals surface area contributed by atoms with Gasteiger partial charge in [-0.3, -0.25) is 4.79 Å². The monoisotopic (exact) mass is 199 g/mol. The first-order valence-corrected chi connectivity index (χ1v) is 5.38. The van der Waals surface area contributed by atoms with Crippen molar-refractivity contribution in [1.29, 1.82) is 0 Å². The van der Waals surface area contributed by atoms with Gasteiger partial charge in [0.1, 0.15) is 0 Å². The van der Waals surface area contributed by atoms with Crippen molar-refractivity contribution in [3.63, 3.8) is 0 Å². The van der Waals surface area contributed by atoms with Gasteiger partial charge in [-0.1, -0.05) is 6.92 Å². The van der Waals surface area contributed by atoms with Crippen LogP contribution in [0, 0.1) is 0 Å². The number of nitrogens with zero attached hydrogens (tertiary/aromatic N) is 2. The van der Waals surface area contributed by atoms with E-state index < -0.39 is 0 Å². The summed E-state index contributed by atoms with van der Waals surface area (Å²) in [4.78, 5) is 15.9. The van der Waals surface area contributed by atoms with Crippen LogP contribution >= 0.6 is 0 Å². The highest BCUT2D eigenvalue weighted by atomic mass is 16.2. The second kappa shape index (κ2) is 5.32. The maximum Gasteiger partial charge on any atom is 0.239 e. The molecule has 0 saturated carbocycles. The summed E-state index contributed by atoms with van der Waals surface area (Å²) in [5, 5.41) is 0. The summed E-state index contributed by atoms with van der Waals surface area (Å²) in [6.07, 6.45) is 1.78. The highest BCUT2D eigenvalue weighted by Gasteiger charge is 2.21. The Morgan fingerprint density at radius 1 is 1.36 bits per heavy atom. The van der Waals surface area contributed by atoms with Crippen LogP contribution in [0.2, 0.25) is 0 Å². The van der Waals surface area contributed by atoms with E-state index in [9.17, 15) is 4.79 Å². The summed E-state index contributed by atoms with van der Waals surface area (Å²) in [6, 6.07) is -0.307. The minimum Gasteiger partial charge on any atom is -0.340 e. The van der Waals surface area contributed by atoms with Crippen molar-refractivity contribution in [2.75, 3.05) is 33.2 Å². The largest absolute Gasteiger partial charge is 0.340 e. The molecule has 0 bridgehead atoms. The predicted molar refractivity (Wildman–Crippen MR) is 57.0 cm³/mol. The van der Waals surface area contributed by atoms with Gasteiger partial charge in [-0.2, -0.15) is 0 Å². The first-order valence-electron chi connectivity index (χ1n) is 5.38. The minimum atomic E-state index is -0.307. The second-order valence-corrected chi connectivity index (χ2v) is 4.00. The number of carbonyl (C=O) groups excluding carboxylic acids is 1. The van der Waals surface area contributed by atoms with E-state index >= 15 is 0 Å². The maximum absolute atomic E-state index is 11.8. The van der Waals surface area contributed by atoms with Crippen molar-refractivity contribution >= 4 is 5.91 Å². The Morgan fingerprint density at radius 2 is 2.07 bits per heavy atom. The molecule has 0 spiro atoms. The lowest BCUT2D eigenvalue weighted by molar-refractivity contribution is -0.132. The van der Waals surface area contributed by atoms with E-state index in [0.29, 0.717) is 0 Å². The number of hydrogen-bond acceptors (Lipinski definition) is 3. The van der Waals surface area contributed by atoms with Crippen molar-refractivity contribution in [1.82, 2.24) is 9.80 Å². The molecule has 0 aromatic carbocycles. The first-order chi connectivity index (χ1) is 6.65. The molecule has 4 nitrogen and oxygen atoms in total. The molecule has 1 rings (SSSR count). The Morgan fingerprint density at radius 3 is 2.71 bits per heavy atom. The van der Waals surface area contributed by atoms with Gasteiger partial charge in [0.25, 0.3) is 0 Å². The zero-order valence-electron chi connectivity index (χ0n) is 9.20. The summed E-state index contributed by atoms with van der Waals surface area (Å²) in [7, 11) is 2.09. The van der Waals surface area contributed by atoms with Gasteiger partial charge in [0.2, 0.25) is 5.91 Å². The highest BCUT2D eigenvalue weighted by Crippen LogP contribution is 2.03. The molecule has 1 amide bonds. The van der Waals surface area contributed by atoms with Gasteiger partial charge < -0.3 is 15.5 Å². The van der Waals surface area contributed by atoms with Gasteiger partial charge in [0.15, 0.2) is 0 Å². The summed E-state index contributed by atoms with van der Waals surface area (Å²) < 4.78 is 0. The van der Waals surface area contributed by atoms with Crippen molar-refractivity contribution in [2.24, 2.45) is 5.73 Å². The molecule has 0 unspecified atom stereocenters. The first kappa shape index (κ1) is 11.5. The van der Waals surface area contributed by atoms with Crippen molar-refractivity contribution in [3.05, 3.63) is 0 Å². The fourth-order valence-corrected chi connectivity index (χ4v) is 1.68. The molecule has 0 aliphatic carbocycles. The van der Waals surface area contributed by atoms with E-state index in [1.807, 2.05) is 11.8 Å². The molecule has 2 N–H and O–H groups in total. The average Bonchev–Trinajstić information content (AvgIpc) is 2.40. The molecular formula is C10H21N3O. The normalized spacial score (nSPS) is 21.8. The highest BCUT2D eigenvalue weighted by molar-refractivity contribution is 5.81. The summed E-state index contributed by atoms with van der Waals surface area (Å²) in [5.41, 5.74) is 5.73. The standard InChI is InChI=1S/C10H21N3O/c1-3-9(11)10(14)13-6-4-5-12(2)7-8-13/h9H,3-8,11H2,1-2H3/t9-/m0/s1. The molecule has 1 aliphatic heterocycles. The van der Waals surface area contributed by atoms with Crippen LogP contribution in [0.1, 0.15) is 19.8 Å². The van der Waals surface area contributed by atoms with Gasteiger partial charge in [-0.05, 0) is 26.4 Å². The number of rotatable bonds is 2. The Labute approximate surface area is 86.0 Å². The van der Waals surface area contributed by atoms with Crippen LogP contribution < -0.4 is 5.73 Å². The number of amides is 1. The number of likely N-dealkylation sites (N-methyl/N-ethyl adjacent to an activating group) is 1. The molecule has 1 aliphatic rings. The van der Waals surface area contributed by atoms with E-state index in [-0.39, 0.29) is 11.9 Å². The van der Waals surface area contributed by atoms with Crippen LogP contribution in [0.4, 0.5) is 0 Å². The van der Waals surface area contributed by atoms with Gasteiger partial charge in [-0.25, -0.2) is 0 Å². The Bertz CT molecular complexity index is 196. The maximum atomic E-state index is 11.8.